The van der Waals surface area contributed by atoms with Crippen molar-refractivity contribution in [1.82, 2.24) is 14.6 Å². The molecule has 1 saturated heterocycles. The van der Waals surface area contributed by atoms with Gasteiger partial charge in [-0.2, -0.15) is 0 Å². The first-order chi connectivity index (χ1) is 16.1. The first kappa shape index (κ1) is 23.7. The van der Waals surface area contributed by atoms with Gasteiger partial charge < -0.3 is 9.64 Å². The molecule has 1 unspecified atom stereocenters. The Bertz CT molecular complexity index is 1090. The highest BCUT2D eigenvalue weighted by Crippen LogP contribution is 2.29. The van der Waals surface area contributed by atoms with Gasteiger partial charge in [-0.15, -0.1) is 11.3 Å². The number of hydrogen-bond donors (Lipinski definition) is 1. The third-order valence-corrected chi connectivity index (χ3v) is 7.52. The Labute approximate surface area is 201 Å². The number of nitrogens with one attached hydrogen (secondary N) is 1. The van der Waals surface area contributed by atoms with Crippen LogP contribution in [0.5, 0.6) is 5.75 Å². The highest BCUT2D eigenvalue weighted by molar-refractivity contribution is 7.83. The van der Waals surface area contributed by atoms with E-state index in [-0.39, 0.29) is 5.91 Å². The van der Waals surface area contributed by atoms with Crippen LogP contribution < -0.4 is 14.4 Å². The van der Waals surface area contributed by atoms with Crippen LogP contribution in [0.3, 0.4) is 0 Å². The van der Waals surface area contributed by atoms with Crippen molar-refractivity contribution in [3.63, 3.8) is 0 Å². The number of hydrogen-bond acceptors (Lipinski definition) is 7. The molecule has 1 aliphatic rings. The fraction of sp³-hybridized carbons (Fsp3) is 0.417. The van der Waals surface area contributed by atoms with Crippen molar-refractivity contribution >= 4 is 44.1 Å². The lowest BCUT2D eigenvalue weighted by atomic mass is 10.1. The van der Waals surface area contributed by atoms with Crippen molar-refractivity contribution in [3.8, 4) is 5.75 Å². The summed E-state index contributed by atoms with van der Waals surface area (Å²) in [5.74, 6) is 0.810. The van der Waals surface area contributed by atoms with E-state index < -0.39 is 11.0 Å². The van der Waals surface area contributed by atoms with Crippen LogP contribution in [-0.4, -0.2) is 58.5 Å². The Morgan fingerprint density at radius 2 is 1.94 bits per heavy atom. The van der Waals surface area contributed by atoms with Crippen molar-refractivity contribution < 1.29 is 13.7 Å². The number of fused-ring (bicyclic) bond motifs is 1. The van der Waals surface area contributed by atoms with Crippen LogP contribution in [-0.2, 0) is 17.5 Å². The van der Waals surface area contributed by atoms with Crippen LogP contribution in [0.15, 0.2) is 42.5 Å². The van der Waals surface area contributed by atoms with Crippen LogP contribution in [0, 0.1) is 0 Å². The average molecular weight is 487 g/mol. The minimum atomic E-state index is -1.38. The Hall–Kier alpha value is -2.49. The van der Waals surface area contributed by atoms with Gasteiger partial charge in [-0.1, -0.05) is 26.0 Å². The predicted octanol–water partition coefficient (Wildman–Crippen LogP) is 3.82. The minimum absolute atomic E-state index is 0.316. The van der Waals surface area contributed by atoms with Gasteiger partial charge in [0.05, 0.1) is 34.6 Å². The van der Waals surface area contributed by atoms with E-state index in [1.165, 1.54) is 4.70 Å². The molecule has 0 saturated carbocycles. The van der Waals surface area contributed by atoms with Crippen LogP contribution in [0.4, 0.5) is 5.69 Å². The van der Waals surface area contributed by atoms with E-state index in [1.807, 2.05) is 24.3 Å². The van der Waals surface area contributed by atoms with E-state index in [9.17, 15) is 9.00 Å². The third-order valence-electron chi connectivity index (χ3n) is 5.57. The van der Waals surface area contributed by atoms with Gasteiger partial charge in [0.15, 0.2) is 0 Å². The van der Waals surface area contributed by atoms with Gasteiger partial charge in [0, 0.05) is 38.0 Å². The number of piperazine rings is 1. The van der Waals surface area contributed by atoms with E-state index in [0.29, 0.717) is 17.9 Å². The summed E-state index contributed by atoms with van der Waals surface area (Å²) in [5.41, 5.74) is 2.41. The van der Waals surface area contributed by atoms with Gasteiger partial charge in [0.1, 0.15) is 21.7 Å². The standard InChI is InChI=1S/C24H30N4O3S2/c1-3-15-31-18-9-10-19(24(29)26-33(30)4-2)21(16-18)28-13-11-27(12-14-28)17-23-25-20-7-5-6-8-22(20)32-23/h5-10,16H,3-4,11-15,17H2,1-2H3,(H,26,29). The monoisotopic (exact) mass is 486 g/mol. The van der Waals surface area contributed by atoms with Crippen LogP contribution in [0.1, 0.15) is 35.6 Å². The number of benzene rings is 2. The largest absolute Gasteiger partial charge is 0.494 e. The van der Waals surface area contributed by atoms with Crippen molar-refractivity contribution in [1.29, 1.82) is 0 Å². The van der Waals surface area contributed by atoms with E-state index in [2.05, 4.69) is 33.6 Å². The Morgan fingerprint density at radius 1 is 1.15 bits per heavy atom. The van der Waals surface area contributed by atoms with Gasteiger partial charge in [0.2, 0.25) is 0 Å². The zero-order chi connectivity index (χ0) is 23.2. The normalized spacial score (nSPS) is 15.5. The van der Waals surface area contributed by atoms with Crippen LogP contribution in [0.2, 0.25) is 0 Å². The molecule has 33 heavy (non-hydrogen) atoms. The summed E-state index contributed by atoms with van der Waals surface area (Å²) in [7, 11) is -1.38. The molecule has 1 atom stereocenters. The summed E-state index contributed by atoms with van der Waals surface area (Å²) < 4.78 is 21.5. The predicted molar refractivity (Wildman–Crippen MR) is 135 cm³/mol. The molecular weight excluding hydrogens is 456 g/mol. The fourth-order valence-electron chi connectivity index (χ4n) is 3.83. The van der Waals surface area contributed by atoms with Crippen molar-refractivity contribution in [2.45, 2.75) is 26.8 Å². The van der Waals surface area contributed by atoms with Gasteiger partial charge >= 0.3 is 0 Å². The molecular formula is C24H30N4O3S2. The molecule has 1 N–H and O–H groups in total. The van der Waals surface area contributed by atoms with Crippen LogP contribution in [0.25, 0.3) is 10.2 Å². The second-order valence-electron chi connectivity index (χ2n) is 7.93. The molecule has 7 nitrogen and oxygen atoms in total. The zero-order valence-corrected chi connectivity index (χ0v) is 20.7. The quantitative estimate of drug-likeness (QED) is 0.496. The minimum Gasteiger partial charge on any atom is -0.494 e. The maximum Gasteiger partial charge on any atom is 0.265 e. The van der Waals surface area contributed by atoms with E-state index in [0.717, 1.165) is 61.1 Å². The third kappa shape index (κ3) is 5.90. The number of para-hydroxylation sites is 1. The number of ether oxygens (including phenoxy) is 1. The lowest BCUT2D eigenvalue weighted by Gasteiger charge is -2.36. The zero-order valence-electron chi connectivity index (χ0n) is 19.1. The second kappa shape index (κ2) is 11.1. The number of nitrogens with zero attached hydrogens (tertiary/aromatic N) is 3. The summed E-state index contributed by atoms with van der Waals surface area (Å²) in [6, 6.07) is 13.8. The number of carbonyl (C=O) groups is 1. The average Bonchev–Trinajstić information content (AvgIpc) is 3.25. The molecule has 0 aliphatic carbocycles. The highest BCUT2D eigenvalue weighted by atomic mass is 32.2. The summed E-state index contributed by atoms with van der Waals surface area (Å²) in [4.78, 5) is 22.2. The Balaban J connectivity index is 1.46. The molecule has 1 amide bonds. The molecule has 4 rings (SSSR count). The van der Waals surface area contributed by atoms with Gasteiger partial charge in [-0.25, -0.2) is 9.19 Å². The van der Waals surface area contributed by atoms with E-state index in [1.54, 1.807) is 24.3 Å². The Kier molecular flexibility index (Phi) is 7.95. The number of thiazole rings is 1. The molecule has 9 heteroatoms. The maximum absolute atomic E-state index is 12.8. The molecule has 1 aromatic heterocycles. The lowest BCUT2D eigenvalue weighted by molar-refractivity contribution is 0.0983. The number of amides is 1. The first-order valence-electron chi connectivity index (χ1n) is 11.3. The maximum atomic E-state index is 12.8. The molecule has 2 heterocycles. The molecule has 0 spiro atoms. The molecule has 3 aromatic rings. The number of carbonyl (C=O) groups excluding carboxylic acids is 1. The fourth-order valence-corrected chi connectivity index (χ4v) is 5.30. The second-order valence-corrected chi connectivity index (χ2v) is 10.5. The number of aromatic nitrogens is 1. The number of rotatable bonds is 9. The summed E-state index contributed by atoms with van der Waals surface area (Å²) in [6.45, 7) is 8.63. The highest BCUT2D eigenvalue weighted by Gasteiger charge is 2.23. The SMILES string of the molecule is CCCOc1ccc(C(=O)NS(=O)CC)c(N2CCN(Cc3nc4ccccc4s3)CC2)c1. The van der Waals surface area contributed by atoms with Gasteiger partial charge in [-0.05, 0) is 30.7 Å². The van der Waals surface area contributed by atoms with Crippen molar-refractivity contribution in [2.75, 3.05) is 43.4 Å². The molecule has 2 aromatic carbocycles. The smallest absolute Gasteiger partial charge is 0.265 e. The molecule has 0 bridgehead atoms. The van der Waals surface area contributed by atoms with E-state index >= 15 is 0 Å². The molecule has 1 aliphatic heterocycles. The Morgan fingerprint density at radius 3 is 2.67 bits per heavy atom. The topological polar surface area (TPSA) is 74.8 Å². The summed E-state index contributed by atoms with van der Waals surface area (Å²) >= 11 is 1.75. The molecule has 176 valence electrons. The molecule has 0 radical (unpaired) electrons. The van der Waals surface area contributed by atoms with E-state index in [4.69, 9.17) is 9.72 Å². The van der Waals surface area contributed by atoms with Gasteiger partial charge in [0.25, 0.3) is 5.91 Å². The number of anilines is 1. The van der Waals surface area contributed by atoms with Crippen molar-refractivity contribution in [3.05, 3.63) is 53.0 Å². The summed E-state index contributed by atoms with van der Waals surface area (Å²) in [6.07, 6.45) is 0.914. The van der Waals surface area contributed by atoms with Gasteiger partial charge in [-0.3, -0.25) is 14.4 Å². The van der Waals surface area contributed by atoms with Crippen LogP contribution >= 0.6 is 11.3 Å². The lowest BCUT2D eigenvalue weighted by Crippen LogP contribution is -2.46. The molecule has 1 fully saturated rings. The summed E-state index contributed by atoms with van der Waals surface area (Å²) in [5, 5.41) is 1.13. The van der Waals surface area contributed by atoms with Crippen molar-refractivity contribution in [2.24, 2.45) is 0 Å². The first-order valence-corrected chi connectivity index (χ1v) is 13.5.